The van der Waals surface area contributed by atoms with Gasteiger partial charge >= 0.3 is 0 Å². The van der Waals surface area contributed by atoms with Gasteiger partial charge in [0.15, 0.2) is 0 Å². The topological polar surface area (TPSA) is 52.5 Å². The van der Waals surface area contributed by atoms with Gasteiger partial charge in [0.25, 0.3) is 5.91 Å². The molecule has 27 heavy (non-hydrogen) atoms. The van der Waals surface area contributed by atoms with Crippen LogP contribution >= 0.6 is 0 Å². The van der Waals surface area contributed by atoms with Crippen molar-refractivity contribution in [2.75, 3.05) is 19.8 Å². The third-order valence-corrected chi connectivity index (χ3v) is 4.83. The smallest absolute Gasteiger partial charge is 0.267 e. The van der Waals surface area contributed by atoms with Crippen molar-refractivity contribution >= 4 is 16.8 Å². The van der Waals surface area contributed by atoms with E-state index in [0.29, 0.717) is 31.3 Å². The van der Waals surface area contributed by atoms with Crippen LogP contribution < -0.4 is 10.1 Å². The Labute approximate surface area is 161 Å². The van der Waals surface area contributed by atoms with Crippen LogP contribution in [0.1, 0.15) is 43.6 Å². The second-order valence-corrected chi connectivity index (χ2v) is 7.52. The summed E-state index contributed by atoms with van der Waals surface area (Å²) in [5.41, 5.74) is 1.66. The summed E-state index contributed by atoms with van der Waals surface area (Å²) in [6.45, 7) is 10.5. The second-order valence-electron chi connectivity index (χ2n) is 7.52. The van der Waals surface area contributed by atoms with E-state index in [1.54, 1.807) is 6.08 Å². The van der Waals surface area contributed by atoms with Crippen LogP contribution in [0, 0.1) is 5.92 Å². The Morgan fingerprint density at radius 2 is 2.30 bits per heavy atom. The number of ether oxygens (including phenoxy) is 2. The third-order valence-electron chi connectivity index (χ3n) is 4.83. The van der Waals surface area contributed by atoms with Crippen molar-refractivity contribution in [2.24, 2.45) is 5.92 Å². The van der Waals surface area contributed by atoms with Crippen LogP contribution in [0.4, 0.5) is 0 Å². The Morgan fingerprint density at radius 3 is 3.00 bits per heavy atom. The lowest BCUT2D eigenvalue weighted by molar-refractivity contribution is 0.00637. The predicted molar refractivity (Wildman–Crippen MR) is 108 cm³/mol. The molecule has 5 heteroatoms. The molecule has 0 saturated carbocycles. The Bertz CT molecular complexity index is 788. The molecule has 2 heterocycles. The lowest BCUT2D eigenvalue weighted by Crippen LogP contribution is -2.31. The van der Waals surface area contributed by atoms with Crippen LogP contribution in [0.25, 0.3) is 10.9 Å². The van der Waals surface area contributed by atoms with E-state index in [4.69, 9.17) is 9.47 Å². The average Bonchev–Trinajstić information content (AvgIpc) is 3.04. The highest BCUT2D eigenvalue weighted by Gasteiger charge is 2.22. The molecule has 1 fully saturated rings. The highest BCUT2D eigenvalue weighted by Crippen LogP contribution is 2.30. The van der Waals surface area contributed by atoms with Crippen molar-refractivity contribution in [2.45, 2.75) is 45.8 Å². The summed E-state index contributed by atoms with van der Waals surface area (Å²) in [4.78, 5) is 12.9. The van der Waals surface area contributed by atoms with E-state index in [0.717, 1.165) is 36.1 Å². The van der Waals surface area contributed by atoms with Gasteiger partial charge in [-0.15, -0.1) is 0 Å². The molecule has 2 aromatic rings. The van der Waals surface area contributed by atoms with E-state index in [-0.39, 0.29) is 12.0 Å². The first kappa shape index (κ1) is 19.5. The summed E-state index contributed by atoms with van der Waals surface area (Å²) < 4.78 is 13.8. The first-order valence-electron chi connectivity index (χ1n) is 9.86. The van der Waals surface area contributed by atoms with Gasteiger partial charge in [0.05, 0.1) is 11.6 Å². The van der Waals surface area contributed by atoms with Crippen molar-refractivity contribution < 1.29 is 14.3 Å². The molecule has 0 bridgehead atoms. The van der Waals surface area contributed by atoms with E-state index in [1.165, 1.54) is 6.42 Å². The molecule has 0 spiro atoms. The fourth-order valence-electron chi connectivity index (χ4n) is 3.46. The minimum absolute atomic E-state index is 0.0506. The minimum Gasteiger partial charge on any atom is -0.489 e. The van der Waals surface area contributed by atoms with E-state index in [9.17, 15) is 4.79 Å². The summed E-state index contributed by atoms with van der Waals surface area (Å²) in [5.74, 6) is 1.12. The molecule has 5 nitrogen and oxygen atoms in total. The molecule has 3 rings (SSSR count). The molecule has 0 aliphatic carbocycles. The minimum atomic E-state index is -0.0506. The zero-order valence-electron chi connectivity index (χ0n) is 16.4. The SMILES string of the molecule is C=CCOc1cccc2c1cc(C(=O)NCC(C)C)n2C[C@H]1CCCCO1. The van der Waals surface area contributed by atoms with Gasteiger partial charge < -0.3 is 19.4 Å². The van der Waals surface area contributed by atoms with Crippen molar-refractivity contribution in [3.05, 3.63) is 42.6 Å². The monoisotopic (exact) mass is 370 g/mol. The largest absolute Gasteiger partial charge is 0.489 e. The maximum Gasteiger partial charge on any atom is 0.267 e. The Balaban J connectivity index is 1.97. The van der Waals surface area contributed by atoms with Gasteiger partial charge in [-0.2, -0.15) is 0 Å². The average molecular weight is 370 g/mol. The van der Waals surface area contributed by atoms with Crippen LogP contribution in [-0.2, 0) is 11.3 Å². The highest BCUT2D eigenvalue weighted by atomic mass is 16.5. The number of hydrogen-bond donors (Lipinski definition) is 1. The predicted octanol–water partition coefficient (Wildman–Crippen LogP) is 4.16. The molecule has 1 amide bonds. The molecule has 146 valence electrons. The maximum absolute atomic E-state index is 12.9. The standard InChI is InChI=1S/C22H30N2O3/c1-4-11-27-21-10-7-9-19-18(21)13-20(22(25)23-14-16(2)3)24(19)15-17-8-5-6-12-26-17/h4,7,9-10,13,16-17H,1,5-6,8,11-12,14-15H2,2-3H3,(H,23,25)/t17-/m1/s1. The van der Waals surface area contributed by atoms with Crippen molar-refractivity contribution in [3.63, 3.8) is 0 Å². The van der Waals surface area contributed by atoms with Gasteiger partial charge in [0, 0.05) is 25.1 Å². The molecule has 1 saturated heterocycles. The maximum atomic E-state index is 12.9. The summed E-state index contributed by atoms with van der Waals surface area (Å²) in [6, 6.07) is 7.88. The lowest BCUT2D eigenvalue weighted by Gasteiger charge is -2.24. The molecule has 1 N–H and O–H groups in total. The van der Waals surface area contributed by atoms with Crippen molar-refractivity contribution in [3.8, 4) is 5.75 Å². The van der Waals surface area contributed by atoms with Crippen LogP contribution in [0.5, 0.6) is 5.75 Å². The highest BCUT2D eigenvalue weighted by molar-refractivity contribution is 6.00. The number of carbonyl (C=O) groups excluding carboxylic acids is 1. The summed E-state index contributed by atoms with van der Waals surface area (Å²) in [7, 11) is 0. The van der Waals surface area contributed by atoms with Gasteiger partial charge in [0.2, 0.25) is 0 Å². The third kappa shape index (κ3) is 4.72. The van der Waals surface area contributed by atoms with Gasteiger partial charge in [-0.25, -0.2) is 0 Å². The van der Waals surface area contributed by atoms with Crippen molar-refractivity contribution in [1.82, 2.24) is 9.88 Å². The number of hydrogen-bond acceptors (Lipinski definition) is 3. The van der Waals surface area contributed by atoms with Gasteiger partial charge in [0.1, 0.15) is 18.1 Å². The zero-order chi connectivity index (χ0) is 19.2. The molecular weight excluding hydrogens is 340 g/mol. The fourth-order valence-corrected chi connectivity index (χ4v) is 3.46. The van der Waals surface area contributed by atoms with E-state index >= 15 is 0 Å². The molecule has 0 radical (unpaired) electrons. The number of aromatic nitrogens is 1. The quantitative estimate of drug-likeness (QED) is 0.710. The van der Waals surface area contributed by atoms with E-state index < -0.39 is 0 Å². The second kappa shape index (κ2) is 9.09. The lowest BCUT2D eigenvalue weighted by atomic mass is 10.1. The Hall–Kier alpha value is -2.27. The summed E-state index contributed by atoms with van der Waals surface area (Å²) in [6.07, 6.45) is 5.18. The van der Waals surface area contributed by atoms with Gasteiger partial charge in [-0.3, -0.25) is 4.79 Å². The first-order chi connectivity index (χ1) is 13.1. The van der Waals surface area contributed by atoms with Crippen LogP contribution in [0.15, 0.2) is 36.9 Å². The van der Waals surface area contributed by atoms with E-state index in [1.807, 2.05) is 24.3 Å². The number of carbonyl (C=O) groups is 1. The number of nitrogens with zero attached hydrogens (tertiary/aromatic N) is 1. The first-order valence-corrected chi connectivity index (χ1v) is 9.86. The molecule has 1 aliphatic heterocycles. The van der Waals surface area contributed by atoms with Crippen molar-refractivity contribution in [1.29, 1.82) is 0 Å². The number of amides is 1. The van der Waals surface area contributed by atoms with Crippen LogP contribution in [0.3, 0.4) is 0 Å². The number of rotatable bonds is 8. The fraction of sp³-hybridized carbons (Fsp3) is 0.500. The number of nitrogens with one attached hydrogen (secondary N) is 1. The molecule has 1 aliphatic rings. The number of fused-ring (bicyclic) bond motifs is 1. The molecule has 0 unspecified atom stereocenters. The molecule has 1 aromatic heterocycles. The molecular formula is C22H30N2O3. The molecule has 1 aromatic carbocycles. The van der Waals surface area contributed by atoms with Crippen LogP contribution in [-0.4, -0.2) is 36.3 Å². The van der Waals surface area contributed by atoms with E-state index in [2.05, 4.69) is 30.3 Å². The van der Waals surface area contributed by atoms with Crippen LogP contribution in [0.2, 0.25) is 0 Å². The number of benzene rings is 1. The Kier molecular flexibility index (Phi) is 6.56. The summed E-state index contributed by atoms with van der Waals surface area (Å²) in [5, 5.41) is 3.99. The van der Waals surface area contributed by atoms with Gasteiger partial charge in [-0.05, 0) is 43.4 Å². The zero-order valence-corrected chi connectivity index (χ0v) is 16.4. The normalized spacial score (nSPS) is 17.2. The van der Waals surface area contributed by atoms with Gasteiger partial charge in [-0.1, -0.05) is 32.6 Å². The summed E-state index contributed by atoms with van der Waals surface area (Å²) >= 11 is 0. The molecule has 1 atom stereocenters. The Morgan fingerprint density at radius 1 is 1.44 bits per heavy atom.